The van der Waals surface area contributed by atoms with E-state index in [-0.39, 0.29) is 0 Å². The molecule has 3 heteroatoms. The van der Waals surface area contributed by atoms with E-state index in [9.17, 15) is 4.79 Å². The summed E-state index contributed by atoms with van der Waals surface area (Å²) in [5, 5.41) is 0. The number of hydrogen-bond acceptors (Lipinski definition) is 2. The first-order valence-corrected chi connectivity index (χ1v) is 5.61. The summed E-state index contributed by atoms with van der Waals surface area (Å²) in [7, 11) is 0. The molecule has 0 bridgehead atoms. The lowest BCUT2D eigenvalue weighted by Gasteiger charge is -2.16. The lowest BCUT2D eigenvalue weighted by Crippen LogP contribution is -2.07. The van der Waals surface area contributed by atoms with E-state index < -0.39 is 11.5 Å². The molecule has 0 heterocycles. The van der Waals surface area contributed by atoms with Crippen LogP contribution in [-0.2, 0) is 4.74 Å². The van der Waals surface area contributed by atoms with Crippen LogP contribution >= 0.6 is 11.6 Å². The fraction of sp³-hybridized carbons (Fsp3) is 0.0714. The van der Waals surface area contributed by atoms with Crippen molar-refractivity contribution in [2.75, 3.05) is 0 Å². The van der Waals surface area contributed by atoms with E-state index in [1.165, 1.54) is 0 Å². The van der Waals surface area contributed by atoms with Gasteiger partial charge in [-0.05, 0) is 11.1 Å². The Hall–Kier alpha value is -1.80. The van der Waals surface area contributed by atoms with Crippen LogP contribution < -0.4 is 0 Å². The fourth-order valence-electron chi connectivity index (χ4n) is 1.68. The van der Waals surface area contributed by atoms with E-state index in [0.29, 0.717) is 0 Å². The Kier molecular flexibility index (Phi) is 3.78. The van der Waals surface area contributed by atoms with E-state index >= 15 is 0 Å². The zero-order chi connectivity index (χ0) is 12.1. The first kappa shape index (κ1) is 11.7. The second-order valence-corrected chi connectivity index (χ2v) is 3.87. The Morgan fingerprint density at radius 1 is 0.882 bits per heavy atom. The number of halogens is 1. The first-order chi connectivity index (χ1) is 8.27. The molecule has 0 atom stereocenters. The molecular weight excluding hydrogens is 236 g/mol. The Morgan fingerprint density at radius 3 is 1.65 bits per heavy atom. The first-order valence-electron chi connectivity index (χ1n) is 5.23. The van der Waals surface area contributed by atoms with E-state index in [1.807, 2.05) is 60.7 Å². The summed E-state index contributed by atoms with van der Waals surface area (Å²) < 4.78 is 5.15. The van der Waals surface area contributed by atoms with Crippen molar-refractivity contribution in [2.45, 2.75) is 6.10 Å². The molecular formula is C14H11ClO2. The van der Waals surface area contributed by atoms with Crippen LogP contribution in [0.15, 0.2) is 60.7 Å². The van der Waals surface area contributed by atoms with E-state index in [4.69, 9.17) is 16.3 Å². The number of rotatable bonds is 3. The molecule has 0 N–H and O–H groups in total. The molecule has 0 amide bonds. The van der Waals surface area contributed by atoms with Gasteiger partial charge in [-0.25, -0.2) is 4.79 Å². The van der Waals surface area contributed by atoms with Crippen molar-refractivity contribution in [1.29, 1.82) is 0 Å². The topological polar surface area (TPSA) is 26.3 Å². The monoisotopic (exact) mass is 246 g/mol. The Balaban J connectivity index is 2.36. The summed E-state index contributed by atoms with van der Waals surface area (Å²) in [6, 6.07) is 19.0. The molecule has 86 valence electrons. The van der Waals surface area contributed by atoms with Crippen molar-refractivity contribution in [3.63, 3.8) is 0 Å². The molecule has 0 aliphatic heterocycles. The summed E-state index contributed by atoms with van der Waals surface area (Å²) in [5.41, 5.74) is 0.989. The minimum atomic E-state index is -0.803. The summed E-state index contributed by atoms with van der Waals surface area (Å²) in [6.45, 7) is 0. The number of ether oxygens (including phenoxy) is 1. The van der Waals surface area contributed by atoms with Gasteiger partial charge >= 0.3 is 5.43 Å². The molecule has 0 saturated carbocycles. The minimum absolute atomic E-state index is 0.456. The SMILES string of the molecule is O=C(Cl)OC(c1ccccc1)c1ccccc1. The average molecular weight is 247 g/mol. The lowest BCUT2D eigenvalue weighted by molar-refractivity contribution is 0.142. The van der Waals surface area contributed by atoms with Gasteiger partial charge in [-0.1, -0.05) is 60.7 Å². The molecule has 2 aromatic carbocycles. The van der Waals surface area contributed by atoms with Crippen LogP contribution in [0.5, 0.6) is 0 Å². The van der Waals surface area contributed by atoms with Gasteiger partial charge in [-0.15, -0.1) is 0 Å². The predicted molar refractivity (Wildman–Crippen MR) is 67.1 cm³/mol. The summed E-state index contributed by atoms with van der Waals surface area (Å²) >= 11 is 5.31. The van der Waals surface area contributed by atoms with Gasteiger partial charge in [0.25, 0.3) is 0 Å². The largest absolute Gasteiger partial charge is 0.441 e. The van der Waals surface area contributed by atoms with Crippen LogP contribution in [0.4, 0.5) is 4.79 Å². The average Bonchev–Trinajstić information content (AvgIpc) is 2.38. The number of carbonyl (C=O) groups excluding carboxylic acids is 1. The summed E-state index contributed by atoms with van der Waals surface area (Å²) in [5.74, 6) is 0. The third-order valence-corrected chi connectivity index (χ3v) is 2.50. The maximum atomic E-state index is 10.9. The second-order valence-electron chi connectivity index (χ2n) is 3.56. The van der Waals surface area contributed by atoms with Gasteiger partial charge in [0.1, 0.15) is 0 Å². The van der Waals surface area contributed by atoms with Crippen molar-refractivity contribution in [3.8, 4) is 0 Å². The molecule has 0 radical (unpaired) electrons. The molecule has 0 spiro atoms. The van der Waals surface area contributed by atoms with Crippen LogP contribution in [0, 0.1) is 0 Å². The Morgan fingerprint density at radius 2 is 1.29 bits per heavy atom. The fourth-order valence-corrected chi connectivity index (χ4v) is 1.77. The number of carbonyl (C=O) groups is 1. The third-order valence-electron chi connectivity index (χ3n) is 2.42. The highest BCUT2D eigenvalue weighted by molar-refractivity contribution is 6.61. The van der Waals surface area contributed by atoms with Crippen molar-refractivity contribution < 1.29 is 9.53 Å². The molecule has 0 unspecified atom stereocenters. The Bertz CT molecular complexity index is 443. The highest BCUT2D eigenvalue weighted by atomic mass is 35.5. The molecule has 2 aromatic rings. The summed E-state index contributed by atoms with van der Waals surface area (Å²) in [4.78, 5) is 10.9. The molecule has 0 saturated heterocycles. The zero-order valence-corrected chi connectivity index (χ0v) is 9.80. The van der Waals surface area contributed by atoms with Gasteiger partial charge in [-0.2, -0.15) is 0 Å². The highest BCUT2D eigenvalue weighted by Gasteiger charge is 2.17. The standard InChI is InChI=1S/C14H11ClO2/c15-14(16)17-13(11-7-3-1-4-8-11)12-9-5-2-6-10-12/h1-10,13H. The molecule has 0 aliphatic carbocycles. The van der Waals surface area contributed by atoms with Crippen molar-refractivity contribution in [3.05, 3.63) is 71.8 Å². The van der Waals surface area contributed by atoms with Crippen LogP contribution in [-0.4, -0.2) is 5.43 Å². The maximum Gasteiger partial charge on any atom is 0.404 e. The third kappa shape index (κ3) is 3.08. The minimum Gasteiger partial charge on any atom is -0.441 e. The number of benzene rings is 2. The molecule has 0 aliphatic rings. The van der Waals surface area contributed by atoms with Gasteiger partial charge < -0.3 is 4.74 Å². The van der Waals surface area contributed by atoms with Crippen LogP contribution in [0.25, 0.3) is 0 Å². The Labute approximate surface area is 105 Å². The second kappa shape index (κ2) is 5.51. The van der Waals surface area contributed by atoms with Crippen LogP contribution in [0.2, 0.25) is 0 Å². The van der Waals surface area contributed by atoms with E-state index in [2.05, 4.69) is 0 Å². The highest BCUT2D eigenvalue weighted by Crippen LogP contribution is 2.26. The maximum absolute atomic E-state index is 10.9. The van der Waals surface area contributed by atoms with Crippen molar-refractivity contribution in [2.24, 2.45) is 0 Å². The lowest BCUT2D eigenvalue weighted by atomic mass is 10.0. The normalized spacial score (nSPS) is 10.2. The van der Waals surface area contributed by atoms with Gasteiger partial charge in [-0.3, -0.25) is 0 Å². The van der Waals surface area contributed by atoms with E-state index in [0.717, 1.165) is 11.1 Å². The molecule has 17 heavy (non-hydrogen) atoms. The van der Waals surface area contributed by atoms with Gasteiger partial charge in [0.05, 0.1) is 0 Å². The summed E-state index contributed by atoms with van der Waals surface area (Å²) in [6.07, 6.45) is -0.456. The predicted octanol–water partition coefficient (Wildman–Crippen LogP) is 4.15. The molecule has 0 aromatic heterocycles. The van der Waals surface area contributed by atoms with E-state index in [1.54, 1.807) is 0 Å². The van der Waals surface area contributed by atoms with Gasteiger partial charge in [0.2, 0.25) is 0 Å². The number of hydrogen-bond donors (Lipinski definition) is 0. The van der Waals surface area contributed by atoms with Crippen molar-refractivity contribution in [1.82, 2.24) is 0 Å². The van der Waals surface area contributed by atoms with Crippen LogP contribution in [0.1, 0.15) is 17.2 Å². The molecule has 2 rings (SSSR count). The quantitative estimate of drug-likeness (QED) is 0.761. The van der Waals surface area contributed by atoms with Crippen LogP contribution in [0.3, 0.4) is 0 Å². The molecule has 2 nitrogen and oxygen atoms in total. The smallest absolute Gasteiger partial charge is 0.404 e. The molecule has 0 fully saturated rings. The van der Waals surface area contributed by atoms with Gasteiger partial charge in [0, 0.05) is 11.6 Å². The van der Waals surface area contributed by atoms with Gasteiger partial charge in [0.15, 0.2) is 6.10 Å². The van der Waals surface area contributed by atoms with Crippen molar-refractivity contribution >= 4 is 17.0 Å². The zero-order valence-electron chi connectivity index (χ0n) is 9.05.